The Morgan fingerprint density at radius 2 is 2.19 bits per heavy atom. The average molecular weight is 245 g/mol. The van der Waals surface area contributed by atoms with Crippen molar-refractivity contribution in [2.75, 3.05) is 6.61 Å². The first-order valence-corrected chi connectivity index (χ1v) is 5.16. The zero-order chi connectivity index (χ0) is 12.1. The molecule has 0 bridgehead atoms. The summed E-state index contributed by atoms with van der Waals surface area (Å²) in [4.78, 5) is 0.322. The summed E-state index contributed by atoms with van der Waals surface area (Å²) >= 11 is 4.83. The number of aryl methyl sites for hydroxylation is 1. The van der Waals surface area contributed by atoms with Crippen LogP contribution in [0.25, 0.3) is 0 Å². The Kier molecular flexibility index (Phi) is 4.76. The van der Waals surface area contributed by atoms with Crippen molar-refractivity contribution in [3.05, 3.63) is 34.9 Å². The van der Waals surface area contributed by atoms with E-state index in [0.29, 0.717) is 4.99 Å². The van der Waals surface area contributed by atoms with Crippen molar-refractivity contribution in [1.82, 2.24) is 0 Å². The lowest BCUT2D eigenvalue weighted by atomic mass is 10.1. The number of thiocarbonyl (C=S) groups is 1. The van der Waals surface area contributed by atoms with E-state index in [4.69, 9.17) is 22.7 Å². The fourth-order valence-corrected chi connectivity index (χ4v) is 1.40. The van der Waals surface area contributed by atoms with E-state index >= 15 is 0 Å². The van der Waals surface area contributed by atoms with Crippen LogP contribution in [0.4, 0.5) is 8.78 Å². The van der Waals surface area contributed by atoms with Crippen molar-refractivity contribution in [2.45, 2.75) is 20.0 Å². The van der Waals surface area contributed by atoms with Gasteiger partial charge in [0.25, 0.3) is 6.43 Å². The molecule has 1 rings (SSSR count). The van der Waals surface area contributed by atoms with Gasteiger partial charge in [-0.1, -0.05) is 24.4 Å². The molecule has 0 aliphatic carbocycles. The van der Waals surface area contributed by atoms with Crippen LogP contribution in [0.15, 0.2) is 18.2 Å². The maximum Gasteiger partial charge on any atom is 0.261 e. The Morgan fingerprint density at radius 1 is 1.50 bits per heavy atom. The Labute approximate surface area is 98.4 Å². The minimum atomic E-state index is -2.43. The average Bonchev–Trinajstić information content (AvgIpc) is 2.19. The number of halogens is 2. The smallest absolute Gasteiger partial charge is 0.261 e. The van der Waals surface area contributed by atoms with Gasteiger partial charge >= 0.3 is 0 Å². The molecule has 0 atom stereocenters. The highest BCUT2D eigenvalue weighted by Gasteiger charge is 2.05. The van der Waals surface area contributed by atoms with Crippen molar-refractivity contribution >= 4 is 17.2 Å². The van der Waals surface area contributed by atoms with Crippen molar-refractivity contribution in [3.8, 4) is 0 Å². The fraction of sp³-hybridized carbons (Fsp3) is 0.364. The summed E-state index contributed by atoms with van der Waals surface area (Å²) in [5.41, 5.74) is 8.03. The van der Waals surface area contributed by atoms with Crippen LogP contribution in [0.2, 0.25) is 0 Å². The topological polar surface area (TPSA) is 35.2 Å². The largest absolute Gasteiger partial charge is 0.389 e. The molecule has 1 aromatic rings. The first-order chi connectivity index (χ1) is 7.50. The van der Waals surface area contributed by atoms with Crippen molar-refractivity contribution in [3.63, 3.8) is 0 Å². The SMILES string of the molecule is Cc1cc(C(N)=S)ccc1COCC(F)F. The molecule has 0 unspecified atom stereocenters. The van der Waals surface area contributed by atoms with Gasteiger partial charge < -0.3 is 10.5 Å². The summed E-state index contributed by atoms with van der Waals surface area (Å²) in [6.07, 6.45) is -2.43. The lowest BCUT2D eigenvalue weighted by molar-refractivity contribution is 0.00972. The van der Waals surface area contributed by atoms with E-state index in [1.54, 1.807) is 12.1 Å². The Hall–Kier alpha value is -1.07. The second-order valence-electron chi connectivity index (χ2n) is 3.41. The van der Waals surface area contributed by atoms with Crippen LogP contribution in [0.3, 0.4) is 0 Å². The summed E-state index contributed by atoms with van der Waals surface area (Å²) in [6, 6.07) is 5.37. The predicted octanol–water partition coefficient (Wildman–Crippen LogP) is 2.41. The molecule has 1 aromatic carbocycles. The van der Waals surface area contributed by atoms with Gasteiger partial charge in [-0.3, -0.25) is 0 Å². The summed E-state index contributed by atoms with van der Waals surface area (Å²) in [7, 11) is 0. The molecule has 2 N–H and O–H groups in total. The summed E-state index contributed by atoms with van der Waals surface area (Å²) in [6.45, 7) is 1.49. The third-order valence-corrected chi connectivity index (χ3v) is 2.36. The normalized spacial score (nSPS) is 10.8. The molecule has 2 nitrogen and oxygen atoms in total. The molecule has 0 spiro atoms. The monoisotopic (exact) mass is 245 g/mol. The van der Waals surface area contributed by atoms with Crippen LogP contribution >= 0.6 is 12.2 Å². The number of alkyl halides is 2. The minimum absolute atomic E-state index is 0.174. The molecule has 16 heavy (non-hydrogen) atoms. The van der Waals surface area contributed by atoms with E-state index in [0.717, 1.165) is 16.7 Å². The molecule has 0 heterocycles. The lowest BCUT2D eigenvalue weighted by Gasteiger charge is -2.08. The number of nitrogens with two attached hydrogens (primary N) is 1. The van der Waals surface area contributed by atoms with Crippen molar-refractivity contribution in [1.29, 1.82) is 0 Å². The van der Waals surface area contributed by atoms with Gasteiger partial charge in [0.1, 0.15) is 11.6 Å². The van der Waals surface area contributed by atoms with Crippen LogP contribution < -0.4 is 5.73 Å². The van der Waals surface area contributed by atoms with Gasteiger partial charge in [0.05, 0.1) is 6.61 Å². The fourth-order valence-electron chi connectivity index (χ4n) is 1.27. The number of hydrogen-bond donors (Lipinski definition) is 1. The van der Waals surface area contributed by atoms with Crippen LogP contribution in [0, 0.1) is 6.92 Å². The molecule has 0 fully saturated rings. The van der Waals surface area contributed by atoms with Crippen LogP contribution in [0.1, 0.15) is 16.7 Å². The highest BCUT2D eigenvalue weighted by Crippen LogP contribution is 2.12. The zero-order valence-electron chi connectivity index (χ0n) is 8.87. The van der Waals surface area contributed by atoms with Gasteiger partial charge in [0.15, 0.2) is 0 Å². The molecule has 5 heteroatoms. The molecule has 88 valence electrons. The molecule has 0 amide bonds. The molecule has 0 aliphatic heterocycles. The maximum absolute atomic E-state index is 11.8. The number of ether oxygens (including phenoxy) is 1. The minimum Gasteiger partial charge on any atom is -0.389 e. The molecule has 0 saturated carbocycles. The second-order valence-corrected chi connectivity index (χ2v) is 3.85. The first-order valence-electron chi connectivity index (χ1n) is 4.76. The highest BCUT2D eigenvalue weighted by molar-refractivity contribution is 7.80. The molecule has 0 saturated heterocycles. The van der Waals surface area contributed by atoms with Crippen molar-refractivity contribution in [2.24, 2.45) is 5.73 Å². The predicted molar refractivity (Wildman–Crippen MR) is 62.7 cm³/mol. The van der Waals surface area contributed by atoms with Gasteiger partial charge in [-0.25, -0.2) is 8.78 Å². The molecule has 0 aliphatic rings. The maximum atomic E-state index is 11.8. The highest BCUT2D eigenvalue weighted by atomic mass is 32.1. The number of hydrogen-bond acceptors (Lipinski definition) is 2. The van der Waals surface area contributed by atoms with E-state index in [-0.39, 0.29) is 6.61 Å². The number of rotatable bonds is 5. The number of benzene rings is 1. The first kappa shape index (κ1) is 13.0. The van der Waals surface area contributed by atoms with Gasteiger partial charge in [0, 0.05) is 5.56 Å². The Balaban J connectivity index is 2.64. The molecular formula is C11H13F2NOS. The molecule has 0 aromatic heterocycles. The standard InChI is InChI=1S/C11H13F2NOS/c1-7-4-8(11(14)16)2-3-9(7)5-15-6-10(12)13/h2-4,10H,5-6H2,1H3,(H2,14,16). The van der Waals surface area contributed by atoms with E-state index in [9.17, 15) is 8.78 Å². The summed E-state index contributed by atoms with van der Waals surface area (Å²) in [5.74, 6) is 0. The van der Waals surface area contributed by atoms with Gasteiger partial charge in [0.2, 0.25) is 0 Å². The van der Waals surface area contributed by atoms with Crippen molar-refractivity contribution < 1.29 is 13.5 Å². The quantitative estimate of drug-likeness (QED) is 0.809. The second kappa shape index (κ2) is 5.86. The lowest BCUT2D eigenvalue weighted by Crippen LogP contribution is -2.10. The van der Waals surface area contributed by atoms with Gasteiger partial charge in [-0.05, 0) is 24.1 Å². The molecular weight excluding hydrogens is 232 g/mol. The van der Waals surface area contributed by atoms with E-state index < -0.39 is 13.0 Å². The summed E-state index contributed by atoms with van der Waals surface area (Å²) < 4.78 is 28.5. The Bertz CT molecular complexity index is 382. The van der Waals surface area contributed by atoms with Gasteiger partial charge in [-0.2, -0.15) is 0 Å². The van der Waals surface area contributed by atoms with E-state index in [1.165, 1.54) is 0 Å². The van der Waals surface area contributed by atoms with Crippen LogP contribution in [-0.2, 0) is 11.3 Å². The third kappa shape index (κ3) is 3.83. The summed E-state index contributed by atoms with van der Waals surface area (Å²) in [5, 5.41) is 0. The van der Waals surface area contributed by atoms with E-state index in [2.05, 4.69) is 0 Å². The van der Waals surface area contributed by atoms with Gasteiger partial charge in [-0.15, -0.1) is 0 Å². The van der Waals surface area contributed by atoms with Crippen LogP contribution in [-0.4, -0.2) is 18.0 Å². The third-order valence-electron chi connectivity index (χ3n) is 2.13. The van der Waals surface area contributed by atoms with E-state index in [1.807, 2.05) is 13.0 Å². The Morgan fingerprint density at radius 3 is 2.69 bits per heavy atom. The zero-order valence-corrected chi connectivity index (χ0v) is 9.69. The van der Waals surface area contributed by atoms with Crippen LogP contribution in [0.5, 0.6) is 0 Å². The molecule has 0 radical (unpaired) electrons.